The smallest absolute Gasteiger partial charge is 0.323 e. The Balaban J connectivity index is 1.50. The molecule has 8 nitrogen and oxygen atoms in total. The monoisotopic (exact) mass is 516 g/mol. The van der Waals surface area contributed by atoms with E-state index in [-0.39, 0.29) is 5.91 Å². The number of ether oxygens (including phenoxy) is 2. The number of nitrogens with one attached hydrogen (secondary N) is 3. The first-order valence-corrected chi connectivity index (χ1v) is 13.0. The standard InChI is InChI=1S/C30H36N4O4/c1-21-9-12-25(13-10-22(21)2)38-28-14-11-23(29(35)31-15-18-34-16-4-5-17-34)19-27(28)33-30(36)32-24-7-6-8-26(20-24)37-3/h6-12,14,19-20H,4-5,13,15-18H2,1-3H3,(H,31,35)(H2,32,33,36). The zero-order chi connectivity index (χ0) is 26.9. The second kappa shape index (κ2) is 13.0. The first-order chi connectivity index (χ1) is 18.4. The fourth-order valence-electron chi connectivity index (χ4n) is 4.33. The van der Waals surface area contributed by atoms with Gasteiger partial charge in [0.15, 0.2) is 5.75 Å². The molecule has 4 rings (SSSR count). The van der Waals surface area contributed by atoms with Crippen molar-refractivity contribution in [1.29, 1.82) is 0 Å². The van der Waals surface area contributed by atoms with Crippen LogP contribution >= 0.6 is 0 Å². The van der Waals surface area contributed by atoms with Crippen LogP contribution in [0.2, 0.25) is 0 Å². The Morgan fingerprint density at radius 1 is 0.974 bits per heavy atom. The highest BCUT2D eigenvalue weighted by Gasteiger charge is 2.16. The van der Waals surface area contributed by atoms with Crippen LogP contribution in [0.4, 0.5) is 16.2 Å². The van der Waals surface area contributed by atoms with E-state index in [0.717, 1.165) is 25.4 Å². The number of nitrogens with zero attached hydrogens (tertiary/aromatic N) is 1. The van der Waals surface area contributed by atoms with E-state index in [1.807, 2.05) is 12.2 Å². The molecule has 3 amide bonds. The first kappa shape index (κ1) is 27.0. The summed E-state index contributed by atoms with van der Waals surface area (Å²) >= 11 is 0. The van der Waals surface area contributed by atoms with Crippen LogP contribution < -0.4 is 25.4 Å². The summed E-state index contributed by atoms with van der Waals surface area (Å²) in [5.74, 6) is 1.62. The highest BCUT2D eigenvalue weighted by atomic mass is 16.5. The summed E-state index contributed by atoms with van der Waals surface area (Å²) in [6, 6.07) is 11.7. The number of hydrogen-bond donors (Lipinski definition) is 3. The topological polar surface area (TPSA) is 91.9 Å². The van der Waals surface area contributed by atoms with Gasteiger partial charge in [0.2, 0.25) is 0 Å². The van der Waals surface area contributed by atoms with Gasteiger partial charge in [-0.05, 0) is 81.8 Å². The lowest BCUT2D eigenvalue weighted by molar-refractivity contribution is 0.0949. The third-order valence-electron chi connectivity index (χ3n) is 6.72. The fourth-order valence-corrected chi connectivity index (χ4v) is 4.33. The van der Waals surface area contributed by atoms with Crippen LogP contribution in [0.5, 0.6) is 11.5 Å². The van der Waals surface area contributed by atoms with Crippen LogP contribution in [0.1, 0.15) is 43.5 Å². The second-order valence-corrected chi connectivity index (χ2v) is 9.50. The van der Waals surface area contributed by atoms with Crippen molar-refractivity contribution in [1.82, 2.24) is 10.2 Å². The van der Waals surface area contributed by atoms with E-state index in [1.165, 1.54) is 24.0 Å². The van der Waals surface area contributed by atoms with Crippen LogP contribution in [-0.2, 0) is 0 Å². The number of rotatable bonds is 9. The normalized spacial score (nSPS) is 15.5. The third kappa shape index (κ3) is 7.49. The van der Waals surface area contributed by atoms with Crippen LogP contribution in [0.25, 0.3) is 0 Å². The molecule has 0 unspecified atom stereocenters. The number of allylic oxidation sites excluding steroid dienone is 5. The molecule has 1 aliphatic carbocycles. The number of likely N-dealkylation sites (tertiary alicyclic amines) is 1. The molecule has 8 heteroatoms. The minimum atomic E-state index is -0.462. The van der Waals surface area contributed by atoms with E-state index in [1.54, 1.807) is 49.6 Å². The first-order valence-electron chi connectivity index (χ1n) is 13.0. The molecular formula is C30H36N4O4. The summed E-state index contributed by atoms with van der Waals surface area (Å²) in [6.07, 6.45) is 9.09. The number of urea groups is 1. The maximum atomic E-state index is 12.9. The van der Waals surface area contributed by atoms with Crippen molar-refractivity contribution in [3.05, 3.63) is 83.2 Å². The summed E-state index contributed by atoms with van der Waals surface area (Å²) in [5, 5.41) is 8.65. The molecule has 200 valence electrons. The van der Waals surface area contributed by atoms with Crippen LogP contribution in [0.3, 0.4) is 0 Å². The molecule has 0 atom stereocenters. The van der Waals surface area contributed by atoms with Gasteiger partial charge in [-0.1, -0.05) is 23.8 Å². The molecule has 38 heavy (non-hydrogen) atoms. The van der Waals surface area contributed by atoms with Crippen molar-refractivity contribution in [2.24, 2.45) is 0 Å². The Morgan fingerprint density at radius 2 is 1.79 bits per heavy atom. The van der Waals surface area contributed by atoms with E-state index in [4.69, 9.17) is 9.47 Å². The van der Waals surface area contributed by atoms with Crippen LogP contribution in [0.15, 0.2) is 77.6 Å². The van der Waals surface area contributed by atoms with Crippen molar-refractivity contribution >= 4 is 23.3 Å². The van der Waals surface area contributed by atoms with Crippen molar-refractivity contribution in [2.45, 2.75) is 33.1 Å². The van der Waals surface area contributed by atoms with Gasteiger partial charge in [-0.25, -0.2) is 4.79 Å². The van der Waals surface area contributed by atoms with E-state index in [9.17, 15) is 9.59 Å². The van der Waals surface area contributed by atoms with Crippen molar-refractivity contribution in [3.63, 3.8) is 0 Å². The summed E-state index contributed by atoms with van der Waals surface area (Å²) in [5.41, 5.74) is 3.77. The highest BCUT2D eigenvalue weighted by Crippen LogP contribution is 2.30. The van der Waals surface area contributed by atoms with E-state index in [0.29, 0.717) is 41.4 Å². The van der Waals surface area contributed by atoms with Gasteiger partial charge in [0.05, 0.1) is 12.8 Å². The molecular weight excluding hydrogens is 480 g/mol. The maximum absolute atomic E-state index is 12.9. The van der Waals surface area contributed by atoms with Crippen molar-refractivity contribution in [2.75, 3.05) is 43.9 Å². The molecule has 1 fully saturated rings. The molecule has 0 saturated carbocycles. The molecule has 2 aromatic carbocycles. The molecule has 2 aromatic rings. The Bertz CT molecular complexity index is 1260. The molecule has 3 N–H and O–H groups in total. The largest absolute Gasteiger partial charge is 0.497 e. The predicted molar refractivity (Wildman–Crippen MR) is 151 cm³/mol. The lowest BCUT2D eigenvalue weighted by atomic mass is 10.1. The van der Waals surface area contributed by atoms with Gasteiger partial charge < -0.3 is 30.3 Å². The number of hydrogen-bond acceptors (Lipinski definition) is 5. The van der Waals surface area contributed by atoms with Gasteiger partial charge >= 0.3 is 6.03 Å². The van der Waals surface area contributed by atoms with Gasteiger partial charge in [-0.2, -0.15) is 0 Å². The molecule has 0 aromatic heterocycles. The minimum absolute atomic E-state index is 0.196. The van der Waals surface area contributed by atoms with Crippen LogP contribution in [-0.4, -0.2) is 50.1 Å². The molecule has 2 aliphatic rings. The van der Waals surface area contributed by atoms with E-state index < -0.39 is 6.03 Å². The van der Waals surface area contributed by atoms with Gasteiger partial charge in [0.25, 0.3) is 5.91 Å². The minimum Gasteiger partial charge on any atom is -0.497 e. The summed E-state index contributed by atoms with van der Waals surface area (Å²) in [4.78, 5) is 28.2. The zero-order valence-corrected chi connectivity index (χ0v) is 22.3. The molecule has 0 radical (unpaired) electrons. The molecule has 1 saturated heterocycles. The Kier molecular flexibility index (Phi) is 9.21. The summed E-state index contributed by atoms with van der Waals surface area (Å²) in [6.45, 7) is 7.68. The number of methoxy groups -OCH3 is 1. The van der Waals surface area contributed by atoms with Gasteiger partial charge in [-0.3, -0.25) is 4.79 Å². The molecule has 1 heterocycles. The SMILES string of the molecule is COc1cccc(NC(=O)Nc2cc(C(=O)NCCN3CCCC3)ccc2OC2=CC=C(C)C(C)=CC2)c1. The zero-order valence-electron chi connectivity index (χ0n) is 22.3. The van der Waals surface area contributed by atoms with Crippen LogP contribution in [0, 0.1) is 0 Å². The van der Waals surface area contributed by atoms with Crippen molar-refractivity contribution in [3.8, 4) is 11.5 Å². The Labute approximate surface area is 224 Å². The van der Waals surface area contributed by atoms with Gasteiger partial charge in [-0.15, -0.1) is 0 Å². The third-order valence-corrected chi connectivity index (χ3v) is 6.72. The number of carbonyl (C=O) groups excluding carboxylic acids is 2. The lowest BCUT2D eigenvalue weighted by Crippen LogP contribution is -2.33. The van der Waals surface area contributed by atoms with Gasteiger partial charge in [0, 0.05) is 36.8 Å². The number of amides is 3. The number of benzene rings is 2. The predicted octanol–water partition coefficient (Wildman–Crippen LogP) is 5.72. The number of anilines is 2. The molecule has 1 aliphatic heterocycles. The molecule has 0 bridgehead atoms. The second-order valence-electron chi connectivity index (χ2n) is 9.50. The maximum Gasteiger partial charge on any atom is 0.323 e. The van der Waals surface area contributed by atoms with E-state index >= 15 is 0 Å². The van der Waals surface area contributed by atoms with Crippen molar-refractivity contribution < 1.29 is 19.1 Å². The number of carbonyl (C=O) groups is 2. The Morgan fingerprint density at radius 3 is 2.58 bits per heavy atom. The average Bonchev–Trinajstić information content (AvgIpc) is 3.38. The Hall–Kier alpha value is -4.04. The lowest BCUT2D eigenvalue weighted by Gasteiger charge is -2.17. The quantitative estimate of drug-likeness (QED) is 0.396. The average molecular weight is 517 g/mol. The molecule has 0 spiro atoms. The fraction of sp³-hybridized carbons (Fsp3) is 0.333. The van der Waals surface area contributed by atoms with E-state index in [2.05, 4.69) is 40.8 Å². The summed E-state index contributed by atoms with van der Waals surface area (Å²) in [7, 11) is 1.57. The highest BCUT2D eigenvalue weighted by molar-refractivity contribution is 6.02. The summed E-state index contributed by atoms with van der Waals surface area (Å²) < 4.78 is 11.4. The van der Waals surface area contributed by atoms with Gasteiger partial charge in [0.1, 0.15) is 11.5 Å².